The highest BCUT2D eigenvalue weighted by molar-refractivity contribution is 5.87. The lowest BCUT2D eigenvalue weighted by Gasteiger charge is -2.04. The third-order valence-electron chi connectivity index (χ3n) is 3.01. The third kappa shape index (κ3) is 2.19. The molecule has 0 aliphatic carbocycles. The van der Waals surface area contributed by atoms with Crippen molar-refractivity contribution in [2.45, 2.75) is 13.3 Å². The molecule has 0 saturated heterocycles. The summed E-state index contributed by atoms with van der Waals surface area (Å²) in [6.45, 7) is 2.85. The molecule has 3 rings (SSSR count). The Morgan fingerprint density at radius 2 is 2.37 bits per heavy atom. The van der Waals surface area contributed by atoms with Crippen molar-refractivity contribution in [3.8, 4) is 11.4 Å². The number of nitrogens with zero attached hydrogens (tertiary/aromatic N) is 2. The first-order chi connectivity index (χ1) is 9.28. The van der Waals surface area contributed by atoms with Gasteiger partial charge in [-0.15, -0.1) is 0 Å². The van der Waals surface area contributed by atoms with E-state index in [1.165, 1.54) is 5.56 Å². The number of hydrogen-bond donors (Lipinski definition) is 0. The molecule has 1 aliphatic rings. The molecule has 1 aliphatic heterocycles. The van der Waals surface area contributed by atoms with Gasteiger partial charge in [0.25, 0.3) is 0 Å². The molecule has 2 heterocycles. The summed E-state index contributed by atoms with van der Waals surface area (Å²) in [7, 11) is 0. The molecule has 98 valence electrons. The summed E-state index contributed by atoms with van der Waals surface area (Å²) in [6.07, 6.45) is 2.67. The maximum Gasteiger partial charge on any atom is 0.358 e. The van der Waals surface area contributed by atoms with Gasteiger partial charge in [-0.25, -0.2) is 9.48 Å². The van der Waals surface area contributed by atoms with Gasteiger partial charge in [-0.05, 0) is 36.8 Å². The number of fused-ring (bicyclic) bond motifs is 1. The highest BCUT2D eigenvalue weighted by Crippen LogP contribution is 2.27. The van der Waals surface area contributed by atoms with Gasteiger partial charge in [0, 0.05) is 12.6 Å². The van der Waals surface area contributed by atoms with Crippen LogP contribution in [-0.2, 0) is 11.2 Å². The molecule has 0 saturated carbocycles. The van der Waals surface area contributed by atoms with Gasteiger partial charge in [-0.1, -0.05) is 0 Å². The number of hydrogen-bond acceptors (Lipinski definition) is 4. The van der Waals surface area contributed by atoms with Crippen molar-refractivity contribution in [1.29, 1.82) is 0 Å². The average Bonchev–Trinajstić information content (AvgIpc) is 3.07. The Balaban J connectivity index is 1.88. The molecule has 5 heteroatoms. The summed E-state index contributed by atoms with van der Waals surface area (Å²) in [5.74, 6) is 0.535. The second-order valence-electron chi connectivity index (χ2n) is 4.26. The maximum absolute atomic E-state index is 11.6. The second kappa shape index (κ2) is 4.76. The molecule has 0 amide bonds. The number of carbonyl (C=O) groups excluding carboxylic acids is 1. The van der Waals surface area contributed by atoms with Crippen molar-refractivity contribution >= 4 is 5.97 Å². The summed E-state index contributed by atoms with van der Waals surface area (Å²) >= 11 is 0. The molecule has 0 atom stereocenters. The van der Waals surface area contributed by atoms with Crippen molar-refractivity contribution in [2.24, 2.45) is 0 Å². The summed E-state index contributed by atoms with van der Waals surface area (Å²) < 4.78 is 12.0. The Bertz CT molecular complexity index is 619. The fraction of sp³-hybridized carbons (Fsp3) is 0.286. The second-order valence-corrected chi connectivity index (χ2v) is 4.26. The van der Waals surface area contributed by atoms with E-state index < -0.39 is 5.97 Å². The Morgan fingerprint density at radius 3 is 3.21 bits per heavy atom. The SMILES string of the molecule is CCOC(=O)c1ccn(-c2ccc3c(c2)CCO3)n1. The zero-order valence-electron chi connectivity index (χ0n) is 10.6. The average molecular weight is 258 g/mol. The van der Waals surface area contributed by atoms with E-state index in [0.29, 0.717) is 12.3 Å². The van der Waals surface area contributed by atoms with Crippen LogP contribution in [0.2, 0.25) is 0 Å². The first kappa shape index (κ1) is 11.8. The first-order valence-corrected chi connectivity index (χ1v) is 6.27. The molecule has 0 radical (unpaired) electrons. The van der Waals surface area contributed by atoms with Crippen molar-refractivity contribution < 1.29 is 14.3 Å². The minimum absolute atomic E-state index is 0.318. The predicted octanol–water partition coefficient (Wildman–Crippen LogP) is 1.98. The molecule has 0 bridgehead atoms. The van der Waals surface area contributed by atoms with E-state index in [0.717, 1.165) is 24.5 Å². The van der Waals surface area contributed by atoms with Crippen LogP contribution < -0.4 is 4.74 Å². The molecule has 5 nitrogen and oxygen atoms in total. The highest BCUT2D eigenvalue weighted by atomic mass is 16.5. The molecular formula is C14H14N2O3. The molecule has 1 aromatic heterocycles. The monoisotopic (exact) mass is 258 g/mol. The van der Waals surface area contributed by atoms with E-state index in [1.807, 2.05) is 18.2 Å². The molecular weight excluding hydrogens is 244 g/mol. The third-order valence-corrected chi connectivity index (χ3v) is 3.01. The Hall–Kier alpha value is -2.30. The maximum atomic E-state index is 11.6. The van der Waals surface area contributed by atoms with Crippen molar-refractivity contribution in [3.05, 3.63) is 41.7 Å². The smallest absolute Gasteiger partial charge is 0.358 e. The zero-order valence-corrected chi connectivity index (χ0v) is 10.6. The number of carbonyl (C=O) groups is 1. The fourth-order valence-corrected chi connectivity index (χ4v) is 2.10. The largest absolute Gasteiger partial charge is 0.493 e. The normalized spacial score (nSPS) is 12.9. The number of aromatic nitrogens is 2. The summed E-state index contributed by atoms with van der Waals surface area (Å²) in [5.41, 5.74) is 2.41. The fourth-order valence-electron chi connectivity index (χ4n) is 2.10. The van der Waals surface area contributed by atoms with Gasteiger partial charge in [-0.2, -0.15) is 5.10 Å². The van der Waals surface area contributed by atoms with Gasteiger partial charge in [0.15, 0.2) is 5.69 Å². The minimum atomic E-state index is -0.397. The summed E-state index contributed by atoms with van der Waals surface area (Å²) in [6, 6.07) is 7.54. The quantitative estimate of drug-likeness (QED) is 0.790. The standard InChI is InChI=1S/C14H14N2O3/c1-2-18-14(17)12-5-7-16(15-12)11-3-4-13-10(9-11)6-8-19-13/h3-5,7,9H,2,6,8H2,1H3. The number of esters is 1. The Morgan fingerprint density at radius 1 is 1.47 bits per heavy atom. The van der Waals surface area contributed by atoms with E-state index >= 15 is 0 Å². The topological polar surface area (TPSA) is 53.4 Å². The van der Waals surface area contributed by atoms with Crippen molar-refractivity contribution in [1.82, 2.24) is 9.78 Å². The molecule has 0 unspecified atom stereocenters. The van der Waals surface area contributed by atoms with Gasteiger partial charge in [0.05, 0.1) is 18.9 Å². The Labute approximate surface area is 110 Å². The van der Waals surface area contributed by atoms with E-state index in [9.17, 15) is 4.79 Å². The van der Waals surface area contributed by atoms with E-state index in [4.69, 9.17) is 9.47 Å². The predicted molar refractivity (Wildman–Crippen MR) is 68.7 cm³/mol. The molecule has 0 N–H and O–H groups in total. The highest BCUT2D eigenvalue weighted by Gasteiger charge is 2.14. The molecule has 0 fully saturated rings. The Kier molecular flexibility index (Phi) is 2.95. The number of ether oxygens (including phenoxy) is 2. The van der Waals surface area contributed by atoms with E-state index in [-0.39, 0.29) is 0 Å². The van der Waals surface area contributed by atoms with Crippen LogP contribution in [0, 0.1) is 0 Å². The molecule has 1 aromatic carbocycles. The van der Waals surface area contributed by atoms with Crippen LogP contribution >= 0.6 is 0 Å². The summed E-state index contributed by atoms with van der Waals surface area (Å²) in [4.78, 5) is 11.6. The minimum Gasteiger partial charge on any atom is -0.493 e. The lowest BCUT2D eigenvalue weighted by Crippen LogP contribution is -2.06. The van der Waals surface area contributed by atoms with Crippen LogP contribution in [0.1, 0.15) is 23.0 Å². The summed E-state index contributed by atoms with van der Waals surface area (Å²) in [5, 5.41) is 4.23. The lowest BCUT2D eigenvalue weighted by molar-refractivity contribution is 0.0519. The number of benzene rings is 1. The molecule has 19 heavy (non-hydrogen) atoms. The van der Waals surface area contributed by atoms with Gasteiger partial charge in [-0.3, -0.25) is 0 Å². The van der Waals surface area contributed by atoms with Gasteiger partial charge < -0.3 is 9.47 Å². The molecule has 0 spiro atoms. The van der Waals surface area contributed by atoms with Crippen LogP contribution in [0.15, 0.2) is 30.5 Å². The van der Waals surface area contributed by atoms with Crippen LogP contribution in [0.5, 0.6) is 5.75 Å². The van der Waals surface area contributed by atoms with Crippen LogP contribution in [0.25, 0.3) is 5.69 Å². The van der Waals surface area contributed by atoms with Crippen LogP contribution in [-0.4, -0.2) is 29.0 Å². The lowest BCUT2D eigenvalue weighted by atomic mass is 10.1. The van der Waals surface area contributed by atoms with Gasteiger partial charge >= 0.3 is 5.97 Å². The van der Waals surface area contributed by atoms with Crippen molar-refractivity contribution in [2.75, 3.05) is 13.2 Å². The van der Waals surface area contributed by atoms with Gasteiger partial charge in [0.2, 0.25) is 0 Å². The van der Waals surface area contributed by atoms with Crippen molar-refractivity contribution in [3.63, 3.8) is 0 Å². The number of rotatable bonds is 3. The first-order valence-electron chi connectivity index (χ1n) is 6.27. The zero-order chi connectivity index (χ0) is 13.2. The molecule has 2 aromatic rings. The van der Waals surface area contributed by atoms with Gasteiger partial charge in [0.1, 0.15) is 5.75 Å². The van der Waals surface area contributed by atoms with E-state index in [1.54, 1.807) is 23.9 Å². The van der Waals surface area contributed by atoms with E-state index in [2.05, 4.69) is 5.10 Å². The van der Waals surface area contributed by atoms with Crippen LogP contribution in [0.4, 0.5) is 0 Å². The van der Waals surface area contributed by atoms with Crippen LogP contribution in [0.3, 0.4) is 0 Å².